The van der Waals surface area contributed by atoms with Crippen molar-refractivity contribution in [3.8, 4) is 0 Å². The number of carbonyl (C=O) groups is 2. The van der Waals surface area contributed by atoms with Crippen molar-refractivity contribution in [1.82, 2.24) is 5.32 Å². The fourth-order valence-corrected chi connectivity index (χ4v) is 5.93. The molecule has 0 bridgehead atoms. The summed E-state index contributed by atoms with van der Waals surface area (Å²) in [5.74, 6) is -0.0170. The number of carboxylic acid groups (broad SMARTS) is 1. The quantitative estimate of drug-likeness (QED) is 0.226. The number of sulfonamides is 1. The molecule has 3 N–H and O–H groups in total. The fourth-order valence-electron chi connectivity index (χ4n) is 4.21. The lowest BCUT2D eigenvalue weighted by molar-refractivity contribution is -0.116. The first-order valence-electron chi connectivity index (χ1n) is 12.8. The highest BCUT2D eigenvalue weighted by Crippen LogP contribution is 2.28. The predicted octanol–water partition coefficient (Wildman–Crippen LogP) is 6.18. The Labute approximate surface area is 235 Å². The van der Waals surface area contributed by atoms with E-state index < -0.39 is 28.1 Å². The van der Waals surface area contributed by atoms with E-state index in [2.05, 4.69) is 24.5 Å². The van der Waals surface area contributed by atoms with Crippen molar-refractivity contribution in [3.05, 3.63) is 89.4 Å². The number of nitrogens with one attached hydrogen (secondary N) is 2. The van der Waals surface area contributed by atoms with Gasteiger partial charge in [0.05, 0.1) is 10.6 Å². The third kappa shape index (κ3) is 9.30. The lowest BCUT2D eigenvalue weighted by atomic mass is 10.0. The zero-order chi connectivity index (χ0) is 28.4. The predicted molar refractivity (Wildman–Crippen MR) is 155 cm³/mol. The molecule has 0 saturated carbocycles. The van der Waals surface area contributed by atoms with Crippen LogP contribution in [0, 0.1) is 5.92 Å². The van der Waals surface area contributed by atoms with Crippen molar-refractivity contribution in [2.24, 2.45) is 5.92 Å². The molecule has 208 valence electrons. The van der Waals surface area contributed by atoms with E-state index in [1.165, 1.54) is 16.4 Å². The standard InChI is InChI=1S/C29H34ClN3O5S/c1-21(2)9-8-16-33(26-14-6-12-23(30)18-26)39(37,38)27-15-7-13-24(19-27)31-28(34)20-25(32-29(35)36)17-22-10-4-3-5-11-22/h3-7,10-15,18-19,21,25,32H,8-9,16-17,20H2,1-2H3,(H,31,34)(H,35,36). The van der Waals surface area contributed by atoms with E-state index in [1.54, 1.807) is 36.4 Å². The summed E-state index contributed by atoms with van der Waals surface area (Å²) in [5.41, 5.74) is 1.64. The van der Waals surface area contributed by atoms with Gasteiger partial charge in [-0.1, -0.05) is 67.9 Å². The summed E-state index contributed by atoms with van der Waals surface area (Å²) in [4.78, 5) is 24.1. The molecule has 0 saturated heterocycles. The van der Waals surface area contributed by atoms with Crippen LogP contribution in [0.15, 0.2) is 83.8 Å². The maximum atomic E-state index is 13.8. The van der Waals surface area contributed by atoms with Crippen molar-refractivity contribution in [2.75, 3.05) is 16.2 Å². The highest BCUT2D eigenvalue weighted by atomic mass is 35.5. The summed E-state index contributed by atoms with van der Waals surface area (Å²) < 4.78 is 28.9. The van der Waals surface area contributed by atoms with Crippen LogP contribution in [-0.4, -0.2) is 38.1 Å². The monoisotopic (exact) mass is 571 g/mol. The van der Waals surface area contributed by atoms with E-state index >= 15 is 0 Å². The highest BCUT2D eigenvalue weighted by Gasteiger charge is 2.26. The van der Waals surface area contributed by atoms with E-state index in [1.807, 2.05) is 30.3 Å². The van der Waals surface area contributed by atoms with E-state index in [0.29, 0.717) is 35.2 Å². The Bertz CT molecular complexity index is 1370. The van der Waals surface area contributed by atoms with E-state index in [-0.39, 0.29) is 17.9 Å². The summed E-state index contributed by atoms with van der Waals surface area (Å²) in [6, 6.07) is 21.3. The molecule has 39 heavy (non-hydrogen) atoms. The van der Waals surface area contributed by atoms with Gasteiger partial charge in [-0.15, -0.1) is 0 Å². The number of nitrogens with zero attached hydrogens (tertiary/aromatic N) is 1. The van der Waals surface area contributed by atoms with Crippen LogP contribution in [0.5, 0.6) is 0 Å². The number of hydrogen-bond donors (Lipinski definition) is 3. The van der Waals surface area contributed by atoms with Gasteiger partial charge in [0.1, 0.15) is 0 Å². The Kier molecular flexibility index (Phi) is 10.8. The van der Waals surface area contributed by atoms with Gasteiger partial charge < -0.3 is 15.7 Å². The zero-order valence-electron chi connectivity index (χ0n) is 22.0. The summed E-state index contributed by atoms with van der Waals surface area (Å²) in [5, 5.41) is 14.8. The molecule has 0 fully saturated rings. The Morgan fingerprint density at radius 2 is 1.69 bits per heavy atom. The number of carbonyl (C=O) groups excluding carboxylic acids is 1. The van der Waals surface area contributed by atoms with Gasteiger partial charge in [0, 0.05) is 29.7 Å². The molecule has 3 rings (SSSR count). The molecule has 10 heteroatoms. The number of benzene rings is 3. The molecule has 0 aliphatic rings. The molecule has 3 aromatic carbocycles. The molecule has 1 unspecified atom stereocenters. The highest BCUT2D eigenvalue weighted by molar-refractivity contribution is 7.92. The Morgan fingerprint density at radius 3 is 2.36 bits per heavy atom. The summed E-state index contributed by atoms with van der Waals surface area (Å²) >= 11 is 6.17. The number of rotatable bonds is 13. The fraction of sp³-hybridized carbons (Fsp3) is 0.310. The van der Waals surface area contributed by atoms with Crippen LogP contribution in [0.2, 0.25) is 5.02 Å². The number of anilines is 2. The van der Waals surface area contributed by atoms with E-state index in [4.69, 9.17) is 11.6 Å². The minimum atomic E-state index is -3.97. The number of halogens is 1. The Balaban J connectivity index is 1.79. The smallest absolute Gasteiger partial charge is 0.404 e. The van der Waals surface area contributed by atoms with Crippen LogP contribution in [0.25, 0.3) is 0 Å². The molecule has 0 heterocycles. The van der Waals surface area contributed by atoms with Gasteiger partial charge in [-0.2, -0.15) is 0 Å². The first-order chi connectivity index (χ1) is 18.5. The van der Waals surface area contributed by atoms with Gasteiger partial charge >= 0.3 is 6.09 Å². The van der Waals surface area contributed by atoms with Gasteiger partial charge in [-0.05, 0) is 67.1 Å². The SMILES string of the molecule is CC(C)CCCN(c1cccc(Cl)c1)S(=O)(=O)c1cccc(NC(=O)CC(Cc2ccccc2)NC(=O)O)c1. The van der Waals surface area contributed by atoms with Crippen LogP contribution >= 0.6 is 11.6 Å². The summed E-state index contributed by atoms with van der Waals surface area (Å²) in [6.45, 7) is 4.45. The van der Waals surface area contributed by atoms with Crippen molar-refractivity contribution in [2.45, 2.75) is 50.5 Å². The van der Waals surface area contributed by atoms with Crippen LogP contribution in [0.3, 0.4) is 0 Å². The first kappa shape index (κ1) is 30.0. The van der Waals surface area contributed by atoms with E-state index in [0.717, 1.165) is 12.0 Å². The molecule has 0 aliphatic heterocycles. The Hall–Kier alpha value is -3.56. The third-order valence-electron chi connectivity index (χ3n) is 6.03. The largest absolute Gasteiger partial charge is 0.465 e. The Morgan fingerprint density at radius 1 is 0.974 bits per heavy atom. The van der Waals surface area contributed by atoms with Gasteiger partial charge in [-0.3, -0.25) is 9.10 Å². The second-order valence-electron chi connectivity index (χ2n) is 9.71. The summed E-state index contributed by atoms with van der Waals surface area (Å²) in [6.07, 6.45) is 0.508. The number of amides is 2. The average Bonchev–Trinajstić information content (AvgIpc) is 2.86. The second kappa shape index (κ2) is 14.0. The van der Waals surface area contributed by atoms with Gasteiger partial charge in [0.25, 0.3) is 10.0 Å². The minimum Gasteiger partial charge on any atom is -0.465 e. The molecule has 0 radical (unpaired) electrons. The van der Waals surface area contributed by atoms with Gasteiger partial charge in [0.2, 0.25) is 5.91 Å². The second-order valence-corrected chi connectivity index (χ2v) is 12.0. The van der Waals surface area contributed by atoms with E-state index in [9.17, 15) is 23.1 Å². The lowest BCUT2D eigenvalue weighted by Gasteiger charge is -2.25. The maximum absolute atomic E-state index is 13.8. The molecule has 2 amide bonds. The molecule has 3 aromatic rings. The topological polar surface area (TPSA) is 116 Å². The summed E-state index contributed by atoms with van der Waals surface area (Å²) in [7, 11) is -3.97. The molecular formula is C29H34ClN3O5S. The first-order valence-corrected chi connectivity index (χ1v) is 14.6. The molecule has 0 aromatic heterocycles. The van der Waals surface area contributed by atoms with Crippen LogP contribution < -0.4 is 14.9 Å². The van der Waals surface area contributed by atoms with Crippen molar-refractivity contribution >= 4 is 45.0 Å². The molecule has 8 nitrogen and oxygen atoms in total. The van der Waals surface area contributed by atoms with Gasteiger partial charge in [-0.25, -0.2) is 13.2 Å². The maximum Gasteiger partial charge on any atom is 0.404 e. The van der Waals surface area contributed by atoms with Crippen molar-refractivity contribution in [3.63, 3.8) is 0 Å². The minimum absolute atomic E-state index is 0.0225. The number of hydrogen-bond acceptors (Lipinski definition) is 4. The zero-order valence-corrected chi connectivity index (χ0v) is 23.6. The average molecular weight is 572 g/mol. The van der Waals surface area contributed by atoms with Crippen molar-refractivity contribution in [1.29, 1.82) is 0 Å². The van der Waals surface area contributed by atoms with Crippen LogP contribution in [0.4, 0.5) is 16.2 Å². The molecule has 0 aliphatic carbocycles. The van der Waals surface area contributed by atoms with Gasteiger partial charge in [0.15, 0.2) is 0 Å². The molecular weight excluding hydrogens is 538 g/mol. The van der Waals surface area contributed by atoms with Crippen LogP contribution in [0.1, 0.15) is 38.7 Å². The van der Waals surface area contributed by atoms with Crippen LogP contribution in [-0.2, 0) is 21.2 Å². The molecule has 1 atom stereocenters. The third-order valence-corrected chi connectivity index (χ3v) is 8.09. The van der Waals surface area contributed by atoms with Crippen molar-refractivity contribution < 1.29 is 23.1 Å². The molecule has 0 spiro atoms. The normalized spacial score (nSPS) is 12.1. The lowest BCUT2D eigenvalue weighted by Crippen LogP contribution is -2.38.